The Balaban J connectivity index is 1.88. The average Bonchev–Trinajstić information content (AvgIpc) is 2.83. The quantitative estimate of drug-likeness (QED) is 0.380. The number of ether oxygens (including phenoxy) is 1. The molecule has 2 aromatic carbocycles. The molecule has 3 N–H and O–H groups in total. The van der Waals surface area contributed by atoms with Gasteiger partial charge >= 0.3 is 12.4 Å². The van der Waals surface area contributed by atoms with E-state index in [1.54, 1.807) is 0 Å². The summed E-state index contributed by atoms with van der Waals surface area (Å²) in [5.74, 6) is -0.778. The Hall–Kier alpha value is -3.14. The van der Waals surface area contributed by atoms with Crippen molar-refractivity contribution in [2.75, 3.05) is 19.5 Å². The van der Waals surface area contributed by atoms with Crippen molar-refractivity contribution >= 4 is 15.5 Å². The van der Waals surface area contributed by atoms with Gasteiger partial charge in [-0.3, -0.25) is 5.32 Å². The van der Waals surface area contributed by atoms with Gasteiger partial charge in [-0.2, -0.15) is 26.3 Å². The lowest BCUT2D eigenvalue weighted by Crippen LogP contribution is -3.09. The van der Waals surface area contributed by atoms with Crippen LogP contribution in [0.25, 0.3) is 5.70 Å². The maximum atomic E-state index is 13.9. The largest absolute Gasteiger partial charge is 0.628 e. The second kappa shape index (κ2) is 10.4. The zero-order chi connectivity index (χ0) is 28.8. The Bertz CT molecular complexity index is 1370. The first-order chi connectivity index (χ1) is 18.0. The van der Waals surface area contributed by atoms with Crippen molar-refractivity contribution in [1.82, 2.24) is 10.6 Å². The molecule has 0 aromatic heterocycles. The maximum absolute atomic E-state index is 13.9. The van der Waals surface area contributed by atoms with E-state index in [0.29, 0.717) is 12.1 Å². The van der Waals surface area contributed by atoms with Gasteiger partial charge in [0.1, 0.15) is 17.6 Å². The van der Waals surface area contributed by atoms with Crippen LogP contribution in [0.1, 0.15) is 22.3 Å². The van der Waals surface area contributed by atoms with Gasteiger partial charge in [0.2, 0.25) is 5.44 Å². The average molecular weight is 582 g/mol. The Morgan fingerprint density at radius 2 is 1.62 bits per heavy atom. The molecule has 0 fully saturated rings. The van der Waals surface area contributed by atoms with Crippen molar-refractivity contribution in [2.45, 2.75) is 30.3 Å². The van der Waals surface area contributed by atoms with E-state index >= 15 is 0 Å². The number of hydrogen-bond donors (Lipinski definition) is 3. The molecule has 4 rings (SSSR count). The summed E-state index contributed by atoms with van der Waals surface area (Å²) in [6.45, 7) is 0.0174. The number of hydroxylamine groups is 2. The van der Waals surface area contributed by atoms with Gasteiger partial charge in [0.15, 0.2) is 15.7 Å². The summed E-state index contributed by atoms with van der Waals surface area (Å²) < 4.78 is 125. The molecule has 212 valence electrons. The van der Waals surface area contributed by atoms with E-state index in [0.717, 1.165) is 24.5 Å². The molecule has 0 spiro atoms. The highest BCUT2D eigenvalue weighted by Crippen LogP contribution is 2.37. The normalized spacial score (nSPS) is 24.0. The molecule has 0 radical (unpaired) electrons. The first-order valence-corrected chi connectivity index (χ1v) is 13.3. The van der Waals surface area contributed by atoms with Crippen LogP contribution in [0.4, 0.5) is 30.7 Å². The summed E-state index contributed by atoms with van der Waals surface area (Å²) in [5, 5.41) is 18.8. The summed E-state index contributed by atoms with van der Waals surface area (Å²) in [6.07, 6.45) is -8.92. The van der Waals surface area contributed by atoms with Gasteiger partial charge in [0.05, 0.1) is 23.4 Å². The summed E-state index contributed by atoms with van der Waals surface area (Å²) in [5.41, 5.74) is -5.21. The van der Waals surface area contributed by atoms with Crippen LogP contribution >= 0.6 is 0 Å². The number of alkyl halides is 6. The molecule has 3 unspecified atom stereocenters. The number of rotatable bonds is 4. The molecule has 15 heteroatoms. The van der Waals surface area contributed by atoms with Crippen LogP contribution in [0.15, 0.2) is 60.0 Å². The Kier molecular flexibility index (Phi) is 7.73. The van der Waals surface area contributed by atoms with Gasteiger partial charge in [-0.05, 0) is 48.0 Å². The van der Waals surface area contributed by atoms with Gasteiger partial charge in [-0.1, -0.05) is 0 Å². The SMILES string of the molecule is CS(=O)(=O)C1/C=C(/c2ccc(F)cc2)[NH+]([O-])C(Cc2cc(C(F)(F)F)cc(C(F)(F)F)c2)C2=C(NCNC2)O1. The molecule has 0 bridgehead atoms. The molecule has 2 aliphatic heterocycles. The van der Waals surface area contributed by atoms with Crippen molar-refractivity contribution in [3.8, 4) is 0 Å². The summed E-state index contributed by atoms with van der Waals surface area (Å²) in [4.78, 5) is 0. The highest BCUT2D eigenvalue weighted by Gasteiger charge is 2.39. The fraction of sp³-hybridized carbons (Fsp3) is 0.333. The molecule has 2 aliphatic rings. The van der Waals surface area contributed by atoms with Crippen LogP contribution in [-0.2, 0) is 33.3 Å². The number of nitrogens with one attached hydrogen (secondary N) is 3. The highest BCUT2D eigenvalue weighted by atomic mass is 32.2. The molecule has 7 nitrogen and oxygen atoms in total. The number of sulfone groups is 1. The highest BCUT2D eigenvalue weighted by molar-refractivity contribution is 7.91. The van der Waals surface area contributed by atoms with Gasteiger partial charge in [-0.15, -0.1) is 0 Å². The lowest BCUT2D eigenvalue weighted by molar-refractivity contribution is -0.793. The third kappa shape index (κ3) is 6.54. The number of quaternary nitrogens is 1. The molecule has 0 saturated carbocycles. The van der Waals surface area contributed by atoms with Gasteiger partial charge < -0.3 is 20.3 Å². The molecular weight excluding hydrogens is 559 g/mol. The number of hydrogen-bond acceptors (Lipinski definition) is 6. The summed E-state index contributed by atoms with van der Waals surface area (Å²) in [6, 6.07) is 4.14. The minimum atomic E-state index is -5.09. The smallest absolute Gasteiger partial charge is 0.416 e. The first-order valence-electron chi connectivity index (χ1n) is 11.4. The van der Waals surface area contributed by atoms with Crippen LogP contribution in [0, 0.1) is 11.0 Å². The predicted molar refractivity (Wildman–Crippen MR) is 125 cm³/mol. The zero-order valence-electron chi connectivity index (χ0n) is 20.1. The van der Waals surface area contributed by atoms with E-state index < -0.39 is 67.7 Å². The van der Waals surface area contributed by atoms with Crippen molar-refractivity contribution < 1.29 is 49.0 Å². The van der Waals surface area contributed by atoms with E-state index in [1.807, 2.05) is 0 Å². The van der Waals surface area contributed by atoms with Crippen LogP contribution in [0.5, 0.6) is 0 Å². The minimum Gasteiger partial charge on any atom is -0.628 e. The molecule has 0 saturated heterocycles. The van der Waals surface area contributed by atoms with Crippen LogP contribution in [0.2, 0.25) is 0 Å². The first kappa shape index (κ1) is 28.9. The molecule has 3 atom stereocenters. The fourth-order valence-electron chi connectivity index (χ4n) is 4.31. The molecule has 0 aliphatic carbocycles. The topological polar surface area (TPSA) is 94.9 Å². The Morgan fingerprint density at radius 3 is 2.15 bits per heavy atom. The lowest BCUT2D eigenvalue weighted by atomic mass is 9.93. The van der Waals surface area contributed by atoms with E-state index in [2.05, 4.69) is 10.6 Å². The van der Waals surface area contributed by atoms with Gasteiger partial charge in [0.25, 0.3) is 0 Å². The van der Waals surface area contributed by atoms with E-state index in [4.69, 9.17) is 4.74 Å². The van der Waals surface area contributed by atoms with Crippen molar-refractivity contribution in [2.24, 2.45) is 0 Å². The van der Waals surface area contributed by atoms with Crippen molar-refractivity contribution in [3.05, 3.63) is 93.3 Å². The van der Waals surface area contributed by atoms with Crippen molar-refractivity contribution in [3.63, 3.8) is 0 Å². The second-order valence-electron chi connectivity index (χ2n) is 9.07. The second-order valence-corrected chi connectivity index (χ2v) is 11.2. The molecule has 0 amide bonds. The Morgan fingerprint density at radius 1 is 1.03 bits per heavy atom. The van der Waals surface area contributed by atoms with Gasteiger partial charge in [0, 0.05) is 30.9 Å². The molecule has 2 heterocycles. The maximum Gasteiger partial charge on any atom is 0.416 e. The van der Waals surface area contributed by atoms with E-state index in [9.17, 15) is 44.4 Å². The lowest BCUT2D eigenvalue weighted by Gasteiger charge is -2.39. The third-order valence-electron chi connectivity index (χ3n) is 6.18. The van der Waals surface area contributed by atoms with Crippen LogP contribution < -0.4 is 15.7 Å². The predicted octanol–water partition coefficient (Wildman–Crippen LogP) is 2.96. The third-order valence-corrected chi connectivity index (χ3v) is 7.26. The van der Waals surface area contributed by atoms with Crippen LogP contribution in [-0.4, -0.2) is 39.4 Å². The zero-order valence-corrected chi connectivity index (χ0v) is 20.9. The van der Waals surface area contributed by atoms with E-state index in [-0.39, 0.29) is 42.0 Å². The monoisotopic (exact) mass is 581 g/mol. The fourth-order valence-corrected chi connectivity index (χ4v) is 4.97. The van der Waals surface area contributed by atoms with Crippen molar-refractivity contribution in [1.29, 1.82) is 0 Å². The number of halogens is 7. The number of benzene rings is 2. The van der Waals surface area contributed by atoms with Gasteiger partial charge in [-0.25, -0.2) is 12.8 Å². The molecular formula is C24H22F7N3O4S. The minimum absolute atomic E-state index is 0.0124. The Labute approximate surface area is 218 Å². The van der Waals surface area contributed by atoms with E-state index in [1.165, 1.54) is 12.1 Å². The summed E-state index contributed by atoms with van der Waals surface area (Å²) in [7, 11) is -3.98. The summed E-state index contributed by atoms with van der Waals surface area (Å²) >= 11 is 0. The molecule has 39 heavy (non-hydrogen) atoms. The standard InChI is InChI=1S/C24H22F7N3O4S/c1-39(36,37)21-10-19(14-2-4-17(25)5-3-14)34(35)20(18-11-32-12-33-22(18)38-21)8-13-6-15(23(26,27)28)9-16(7-13)24(29,30)31/h2-7,9-10,20-21,32-34H,8,11-12H2,1H3/b19-10-. The van der Waals surface area contributed by atoms with Crippen LogP contribution in [0.3, 0.4) is 0 Å². The molecule has 2 aromatic rings.